The molecule has 6 heteroatoms. The van der Waals surface area contributed by atoms with Crippen molar-refractivity contribution in [2.45, 2.75) is 42.5 Å². The summed E-state index contributed by atoms with van der Waals surface area (Å²) in [6.45, 7) is 4.55. The minimum absolute atomic E-state index is 0.106. The van der Waals surface area contributed by atoms with Gasteiger partial charge < -0.3 is 5.32 Å². The Bertz CT molecular complexity index is 764. The number of carbonyl (C=O) groups is 1. The molecule has 0 saturated carbocycles. The Morgan fingerprint density at radius 2 is 1.89 bits per heavy atom. The van der Waals surface area contributed by atoms with E-state index in [1.165, 1.54) is 17.7 Å². The minimum atomic E-state index is -0.631. The van der Waals surface area contributed by atoms with E-state index in [-0.39, 0.29) is 16.8 Å². The molecule has 0 aromatic heterocycles. The molecule has 0 unspecified atom stereocenters. The third kappa shape index (κ3) is 5.78. The van der Waals surface area contributed by atoms with Crippen LogP contribution < -0.4 is 5.32 Å². The standard InChI is InChI=1S/C21H24F2N2OS/c1-15(27-20-8-7-17(22)13-19(20)23)21(26)24-18-9-11-25(12-10-18)14-16-5-3-2-4-6-16/h2-8,13,15,18H,9-12,14H2,1H3,(H,24,26)/t15-/m1/s1. The summed E-state index contributed by atoms with van der Waals surface area (Å²) in [6, 6.07) is 13.9. The van der Waals surface area contributed by atoms with Crippen LogP contribution in [0.4, 0.5) is 8.78 Å². The largest absolute Gasteiger partial charge is 0.352 e. The van der Waals surface area contributed by atoms with Gasteiger partial charge in [0.1, 0.15) is 11.6 Å². The molecule has 1 saturated heterocycles. The number of amides is 1. The topological polar surface area (TPSA) is 32.3 Å². The molecule has 1 aliphatic rings. The second-order valence-corrected chi connectivity index (χ2v) is 8.26. The Kier molecular flexibility index (Phi) is 6.85. The normalized spacial score (nSPS) is 16.9. The first-order valence-corrected chi connectivity index (χ1v) is 10.1. The van der Waals surface area contributed by atoms with Gasteiger partial charge in [0.05, 0.1) is 5.25 Å². The van der Waals surface area contributed by atoms with Gasteiger partial charge in [0, 0.05) is 36.6 Å². The number of benzene rings is 2. The molecule has 2 aromatic rings. The maximum Gasteiger partial charge on any atom is 0.233 e. The van der Waals surface area contributed by atoms with Crippen LogP contribution in [0.2, 0.25) is 0 Å². The highest BCUT2D eigenvalue weighted by molar-refractivity contribution is 8.00. The van der Waals surface area contributed by atoms with Gasteiger partial charge in [-0.15, -0.1) is 11.8 Å². The lowest BCUT2D eigenvalue weighted by molar-refractivity contribution is -0.121. The van der Waals surface area contributed by atoms with E-state index in [0.717, 1.165) is 50.3 Å². The fourth-order valence-corrected chi connectivity index (χ4v) is 4.08. The lowest BCUT2D eigenvalue weighted by atomic mass is 10.0. The van der Waals surface area contributed by atoms with Crippen molar-refractivity contribution in [2.24, 2.45) is 0 Å². The number of piperidine rings is 1. The number of halogens is 2. The van der Waals surface area contributed by atoms with Crippen LogP contribution in [-0.2, 0) is 11.3 Å². The predicted molar refractivity (Wildman–Crippen MR) is 105 cm³/mol. The van der Waals surface area contributed by atoms with E-state index in [2.05, 4.69) is 22.3 Å². The first-order valence-electron chi connectivity index (χ1n) is 9.19. The summed E-state index contributed by atoms with van der Waals surface area (Å²) in [6.07, 6.45) is 1.81. The van der Waals surface area contributed by atoms with Gasteiger partial charge in [0.2, 0.25) is 5.91 Å². The molecule has 1 fully saturated rings. The first kappa shape index (κ1) is 19.8. The van der Waals surface area contributed by atoms with Crippen molar-refractivity contribution in [3.05, 3.63) is 65.7 Å². The molecule has 0 bridgehead atoms. The summed E-state index contributed by atoms with van der Waals surface area (Å²) in [5.41, 5.74) is 1.30. The van der Waals surface area contributed by atoms with Gasteiger partial charge >= 0.3 is 0 Å². The molecular weight excluding hydrogens is 366 g/mol. The molecule has 1 atom stereocenters. The van der Waals surface area contributed by atoms with Crippen molar-refractivity contribution >= 4 is 17.7 Å². The van der Waals surface area contributed by atoms with Crippen LogP contribution in [0.1, 0.15) is 25.3 Å². The maximum atomic E-state index is 13.8. The SMILES string of the molecule is C[C@@H](Sc1ccc(F)cc1F)C(=O)NC1CCN(Cc2ccccc2)CC1. The van der Waals surface area contributed by atoms with E-state index in [9.17, 15) is 13.6 Å². The van der Waals surface area contributed by atoms with Gasteiger partial charge in [-0.1, -0.05) is 30.3 Å². The molecule has 144 valence electrons. The molecule has 1 N–H and O–H groups in total. The van der Waals surface area contributed by atoms with E-state index < -0.39 is 16.9 Å². The number of carbonyl (C=O) groups excluding carboxylic acids is 1. The van der Waals surface area contributed by atoms with Crippen LogP contribution in [0.3, 0.4) is 0 Å². The molecule has 2 aromatic carbocycles. The maximum absolute atomic E-state index is 13.8. The van der Waals surface area contributed by atoms with Crippen LogP contribution >= 0.6 is 11.8 Å². The molecular formula is C21H24F2N2OS. The Labute approximate surface area is 163 Å². The molecule has 0 spiro atoms. The van der Waals surface area contributed by atoms with Gasteiger partial charge in [-0.2, -0.15) is 0 Å². The van der Waals surface area contributed by atoms with E-state index in [1.807, 2.05) is 18.2 Å². The second-order valence-electron chi connectivity index (χ2n) is 6.88. The summed E-state index contributed by atoms with van der Waals surface area (Å²) in [5.74, 6) is -1.35. The molecule has 1 amide bonds. The van der Waals surface area contributed by atoms with E-state index >= 15 is 0 Å². The van der Waals surface area contributed by atoms with Crippen LogP contribution in [-0.4, -0.2) is 35.2 Å². The summed E-state index contributed by atoms with van der Waals surface area (Å²) in [7, 11) is 0. The smallest absolute Gasteiger partial charge is 0.233 e. The highest BCUT2D eigenvalue weighted by Gasteiger charge is 2.24. The van der Waals surface area contributed by atoms with Gasteiger partial charge in [0.15, 0.2) is 0 Å². The Morgan fingerprint density at radius 3 is 2.56 bits per heavy atom. The van der Waals surface area contributed by atoms with Crippen LogP contribution in [0.5, 0.6) is 0 Å². The molecule has 0 radical (unpaired) electrons. The summed E-state index contributed by atoms with van der Waals surface area (Å²) in [5, 5.41) is 2.63. The summed E-state index contributed by atoms with van der Waals surface area (Å²) < 4.78 is 26.7. The number of rotatable bonds is 6. The zero-order chi connectivity index (χ0) is 19.2. The van der Waals surface area contributed by atoms with E-state index in [4.69, 9.17) is 0 Å². The zero-order valence-corrected chi connectivity index (χ0v) is 16.1. The van der Waals surface area contributed by atoms with Crippen LogP contribution in [0, 0.1) is 11.6 Å². The molecule has 3 nitrogen and oxygen atoms in total. The van der Waals surface area contributed by atoms with Crippen molar-refractivity contribution in [3.63, 3.8) is 0 Å². The van der Waals surface area contributed by atoms with Crippen molar-refractivity contribution in [1.82, 2.24) is 10.2 Å². The van der Waals surface area contributed by atoms with Crippen molar-refractivity contribution in [3.8, 4) is 0 Å². The van der Waals surface area contributed by atoms with Crippen LogP contribution in [0.25, 0.3) is 0 Å². The molecule has 0 aliphatic carbocycles. The van der Waals surface area contributed by atoms with Gasteiger partial charge in [-0.05, 0) is 37.5 Å². The highest BCUT2D eigenvalue weighted by atomic mass is 32.2. The summed E-state index contributed by atoms with van der Waals surface area (Å²) >= 11 is 1.11. The number of hydrogen-bond acceptors (Lipinski definition) is 3. The number of hydrogen-bond donors (Lipinski definition) is 1. The van der Waals surface area contributed by atoms with Gasteiger partial charge in [-0.3, -0.25) is 9.69 Å². The van der Waals surface area contributed by atoms with Gasteiger partial charge in [-0.25, -0.2) is 8.78 Å². The average Bonchev–Trinajstić information content (AvgIpc) is 2.66. The van der Waals surface area contributed by atoms with Crippen molar-refractivity contribution in [2.75, 3.05) is 13.1 Å². The molecule has 1 heterocycles. The quantitative estimate of drug-likeness (QED) is 0.750. The monoisotopic (exact) mass is 390 g/mol. The lowest BCUT2D eigenvalue weighted by Crippen LogP contribution is -2.46. The minimum Gasteiger partial charge on any atom is -0.352 e. The van der Waals surface area contributed by atoms with Crippen molar-refractivity contribution in [1.29, 1.82) is 0 Å². The molecule has 3 rings (SSSR count). The van der Waals surface area contributed by atoms with Crippen molar-refractivity contribution < 1.29 is 13.6 Å². The third-order valence-corrected chi connectivity index (χ3v) is 5.90. The Hall–Kier alpha value is -1.92. The van der Waals surface area contributed by atoms with E-state index in [0.29, 0.717) is 0 Å². The molecule has 1 aliphatic heterocycles. The molecule has 27 heavy (non-hydrogen) atoms. The fraction of sp³-hybridized carbons (Fsp3) is 0.381. The number of thioether (sulfide) groups is 1. The number of nitrogens with one attached hydrogen (secondary N) is 1. The second kappa shape index (κ2) is 9.33. The first-order chi connectivity index (χ1) is 13.0. The lowest BCUT2D eigenvalue weighted by Gasteiger charge is -2.32. The van der Waals surface area contributed by atoms with Crippen LogP contribution in [0.15, 0.2) is 53.4 Å². The Morgan fingerprint density at radius 1 is 1.19 bits per heavy atom. The fourth-order valence-electron chi connectivity index (χ4n) is 3.21. The van der Waals surface area contributed by atoms with E-state index in [1.54, 1.807) is 6.92 Å². The summed E-state index contributed by atoms with van der Waals surface area (Å²) in [4.78, 5) is 15.1. The number of nitrogens with zero attached hydrogens (tertiary/aromatic N) is 1. The average molecular weight is 390 g/mol. The highest BCUT2D eigenvalue weighted by Crippen LogP contribution is 2.27. The van der Waals surface area contributed by atoms with Gasteiger partial charge in [0.25, 0.3) is 0 Å². The predicted octanol–water partition coefficient (Wildman–Crippen LogP) is 4.23. The Balaban J connectivity index is 1.44. The zero-order valence-electron chi connectivity index (χ0n) is 15.3. The third-order valence-electron chi connectivity index (χ3n) is 4.75. The number of likely N-dealkylation sites (tertiary alicyclic amines) is 1.